The van der Waals surface area contributed by atoms with Crippen molar-refractivity contribution in [3.8, 4) is 17.0 Å². The number of rotatable bonds is 5. The number of methoxy groups -OCH3 is 1. The lowest BCUT2D eigenvalue weighted by atomic mass is 9.95. The average molecular weight is 442 g/mol. The predicted octanol–water partition coefficient (Wildman–Crippen LogP) is 5.61. The first-order chi connectivity index (χ1) is 16.0. The largest absolute Gasteiger partial charge is 0.497 e. The summed E-state index contributed by atoms with van der Waals surface area (Å²) in [4.78, 5) is 33.1. The molecule has 0 atom stereocenters. The highest BCUT2D eigenvalue weighted by Gasteiger charge is 2.40. The first kappa shape index (κ1) is 21.2. The zero-order chi connectivity index (χ0) is 22.9. The maximum Gasteiger partial charge on any atom is 0.269 e. The molecular weight excluding hydrogens is 414 g/mol. The van der Waals surface area contributed by atoms with Gasteiger partial charge in [0.05, 0.1) is 29.6 Å². The van der Waals surface area contributed by atoms with Crippen molar-refractivity contribution in [3.05, 3.63) is 71.3 Å². The molecule has 5 rings (SSSR count). The number of carbonyl (C=O) groups is 2. The van der Waals surface area contributed by atoms with E-state index in [2.05, 4.69) is 5.32 Å². The lowest BCUT2D eigenvalue weighted by Gasteiger charge is -2.24. The molecule has 6 heteroatoms. The van der Waals surface area contributed by atoms with Crippen molar-refractivity contribution < 1.29 is 14.3 Å². The average Bonchev–Trinajstić information content (AvgIpc) is 3.10. The number of amides is 2. The van der Waals surface area contributed by atoms with Gasteiger partial charge in [-0.15, -0.1) is 0 Å². The Kier molecular flexibility index (Phi) is 5.58. The second-order valence-electron chi connectivity index (χ2n) is 8.77. The zero-order valence-corrected chi connectivity index (χ0v) is 18.9. The van der Waals surface area contributed by atoms with Crippen LogP contribution in [-0.2, 0) is 0 Å². The second-order valence-corrected chi connectivity index (χ2v) is 8.77. The fourth-order valence-electron chi connectivity index (χ4n) is 4.64. The van der Waals surface area contributed by atoms with Gasteiger partial charge in [0.15, 0.2) is 0 Å². The standard InChI is InChI=1S/C27H27N3O3/c1-17-8-10-18(11-9-17)23-16-22-24(25(29-23)28-19-6-4-3-5-7-19)27(32)30(26(22)31)20-12-14-21(33-2)15-13-20/h8-16,19H,3-7H2,1-2H3,(H,28,29). The number of hydrogen-bond acceptors (Lipinski definition) is 5. The van der Waals surface area contributed by atoms with Crippen LogP contribution >= 0.6 is 0 Å². The minimum absolute atomic E-state index is 0.251. The van der Waals surface area contributed by atoms with E-state index in [0.29, 0.717) is 34.1 Å². The normalized spacial score (nSPS) is 16.1. The van der Waals surface area contributed by atoms with Crippen molar-refractivity contribution in [2.45, 2.75) is 45.1 Å². The van der Waals surface area contributed by atoms with Crippen LogP contribution in [0.3, 0.4) is 0 Å². The molecule has 1 fully saturated rings. The number of carbonyl (C=O) groups excluding carboxylic acids is 2. The summed E-state index contributed by atoms with van der Waals surface area (Å²) in [6.45, 7) is 2.03. The number of benzene rings is 2. The summed E-state index contributed by atoms with van der Waals surface area (Å²) in [6.07, 6.45) is 5.62. The molecule has 1 N–H and O–H groups in total. The third-order valence-electron chi connectivity index (χ3n) is 6.49. The Labute approximate surface area is 193 Å². The lowest BCUT2D eigenvalue weighted by molar-refractivity contribution is 0.0926. The van der Waals surface area contributed by atoms with Gasteiger partial charge in [0.1, 0.15) is 11.6 Å². The van der Waals surface area contributed by atoms with Crippen LogP contribution < -0.4 is 15.0 Å². The van der Waals surface area contributed by atoms with E-state index in [1.54, 1.807) is 37.4 Å². The molecule has 0 spiro atoms. The van der Waals surface area contributed by atoms with Gasteiger partial charge in [-0.3, -0.25) is 9.59 Å². The Morgan fingerprint density at radius 3 is 2.30 bits per heavy atom. The van der Waals surface area contributed by atoms with Gasteiger partial charge in [0, 0.05) is 11.6 Å². The Morgan fingerprint density at radius 1 is 0.939 bits per heavy atom. The van der Waals surface area contributed by atoms with Crippen molar-refractivity contribution in [1.29, 1.82) is 0 Å². The topological polar surface area (TPSA) is 71.5 Å². The molecular formula is C27H27N3O3. The molecule has 0 saturated heterocycles. The zero-order valence-electron chi connectivity index (χ0n) is 18.9. The van der Waals surface area contributed by atoms with Gasteiger partial charge >= 0.3 is 0 Å². The number of ether oxygens (including phenoxy) is 1. The van der Waals surface area contributed by atoms with Crippen molar-refractivity contribution in [1.82, 2.24) is 4.98 Å². The van der Waals surface area contributed by atoms with E-state index in [4.69, 9.17) is 9.72 Å². The number of imide groups is 1. The first-order valence-corrected chi connectivity index (χ1v) is 11.5. The monoisotopic (exact) mass is 441 g/mol. The number of anilines is 2. The molecule has 0 unspecified atom stereocenters. The van der Waals surface area contributed by atoms with Crippen molar-refractivity contribution in [2.75, 3.05) is 17.3 Å². The second kappa shape index (κ2) is 8.70. The van der Waals surface area contributed by atoms with Crippen LogP contribution in [0.15, 0.2) is 54.6 Å². The summed E-state index contributed by atoms with van der Waals surface area (Å²) in [5.41, 5.74) is 4.01. The fourth-order valence-corrected chi connectivity index (χ4v) is 4.64. The predicted molar refractivity (Wildman–Crippen MR) is 129 cm³/mol. The lowest BCUT2D eigenvalue weighted by Crippen LogP contribution is -2.30. The van der Waals surface area contributed by atoms with Gasteiger partial charge in [0.2, 0.25) is 0 Å². The molecule has 2 aromatic carbocycles. The van der Waals surface area contributed by atoms with Gasteiger partial charge in [0.25, 0.3) is 11.8 Å². The molecule has 168 valence electrons. The number of aromatic nitrogens is 1. The molecule has 33 heavy (non-hydrogen) atoms. The van der Waals surface area contributed by atoms with Crippen LogP contribution in [0.1, 0.15) is 58.4 Å². The number of hydrogen-bond donors (Lipinski definition) is 1. The molecule has 2 aliphatic rings. The fraction of sp³-hybridized carbons (Fsp3) is 0.296. The summed E-state index contributed by atoms with van der Waals surface area (Å²) < 4.78 is 5.22. The molecule has 1 aliphatic heterocycles. The number of pyridine rings is 1. The van der Waals surface area contributed by atoms with E-state index in [0.717, 1.165) is 36.8 Å². The third-order valence-corrected chi connectivity index (χ3v) is 6.49. The van der Waals surface area contributed by atoms with Gasteiger partial charge in [-0.25, -0.2) is 9.88 Å². The summed E-state index contributed by atoms with van der Waals surface area (Å²) in [6, 6.07) is 17.0. The summed E-state index contributed by atoms with van der Waals surface area (Å²) in [5.74, 6) is 0.492. The minimum Gasteiger partial charge on any atom is -0.497 e. The number of nitrogens with zero attached hydrogens (tertiary/aromatic N) is 2. The number of fused-ring (bicyclic) bond motifs is 1. The van der Waals surface area contributed by atoms with E-state index < -0.39 is 0 Å². The number of nitrogens with one attached hydrogen (secondary N) is 1. The Bertz CT molecular complexity index is 1200. The highest BCUT2D eigenvalue weighted by molar-refractivity contribution is 6.36. The van der Waals surface area contributed by atoms with E-state index >= 15 is 0 Å². The van der Waals surface area contributed by atoms with Crippen molar-refractivity contribution in [3.63, 3.8) is 0 Å². The van der Waals surface area contributed by atoms with Gasteiger partial charge < -0.3 is 10.1 Å². The minimum atomic E-state index is -0.346. The maximum atomic E-state index is 13.5. The SMILES string of the molecule is COc1ccc(N2C(=O)c3cc(-c4ccc(C)cc4)nc(NC4CCCCC4)c3C2=O)cc1. The van der Waals surface area contributed by atoms with Crippen LogP contribution in [0.25, 0.3) is 11.3 Å². The van der Waals surface area contributed by atoms with E-state index in [1.807, 2.05) is 31.2 Å². The molecule has 0 radical (unpaired) electrons. The third kappa shape index (κ3) is 3.97. The molecule has 1 aromatic heterocycles. The molecule has 2 heterocycles. The van der Waals surface area contributed by atoms with E-state index in [1.165, 1.54) is 11.3 Å². The molecule has 1 saturated carbocycles. The molecule has 2 amide bonds. The number of aryl methyl sites for hydroxylation is 1. The smallest absolute Gasteiger partial charge is 0.269 e. The first-order valence-electron chi connectivity index (χ1n) is 11.5. The van der Waals surface area contributed by atoms with Crippen LogP contribution in [0.5, 0.6) is 5.75 Å². The molecule has 3 aromatic rings. The highest BCUT2D eigenvalue weighted by Crippen LogP contribution is 2.36. The Hall–Kier alpha value is -3.67. The van der Waals surface area contributed by atoms with Crippen LogP contribution in [0, 0.1) is 6.92 Å². The highest BCUT2D eigenvalue weighted by atomic mass is 16.5. The van der Waals surface area contributed by atoms with Crippen LogP contribution in [0.4, 0.5) is 11.5 Å². The quantitative estimate of drug-likeness (QED) is 0.521. The van der Waals surface area contributed by atoms with E-state index in [9.17, 15) is 9.59 Å². The maximum absolute atomic E-state index is 13.5. The van der Waals surface area contributed by atoms with Gasteiger partial charge in [-0.2, -0.15) is 0 Å². The van der Waals surface area contributed by atoms with Crippen LogP contribution in [-0.4, -0.2) is 29.9 Å². The molecule has 1 aliphatic carbocycles. The Balaban J connectivity index is 1.59. The van der Waals surface area contributed by atoms with Gasteiger partial charge in [-0.05, 0) is 50.1 Å². The van der Waals surface area contributed by atoms with Gasteiger partial charge in [-0.1, -0.05) is 49.1 Å². The summed E-state index contributed by atoms with van der Waals surface area (Å²) in [7, 11) is 1.58. The van der Waals surface area contributed by atoms with E-state index in [-0.39, 0.29) is 17.9 Å². The Morgan fingerprint density at radius 2 is 1.64 bits per heavy atom. The molecule has 0 bridgehead atoms. The summed E-state index contributed by atoms with van der Waals surface area (Å²) in [5, 5.41) is 3.51. The summed E-state index contributed by atoms with van der Waals surface area (Å²) >= 11 is 0. The van der Waals surface area contributed by atoms with Crippen molar-refractivity contribution >= 4 is 23.3 Å². The van der Waals surface area contributed by atoms with Crippen LogP contribution in [0.2, 0.25) is 0 Å². The molecule has 6 nitrogen and oxygen atoms in total. The van der Waals surface area contributed by atoms with Crippen molar-refractivity contribution in [2.24, 2.45) is 0 Å².